The number of carbonyl (C=O) groups excluding carboxylic acids is 1. The number of thioether (sulfide) groups is 1. The van der Waals surface area contributed by atoms with Crippen molar-refractivity contribution in [1.29, 1.82) is 0 Å². The number of carbonyl (C=O) groups is 1. The summed E-state index contributed by atoms with van der Waals surface area (Å²) in [6, 6.07) is 8.47. The second-order valence-electron chi connectivity index (χ2n) is 5.77. The first-order chi connectivity index (χ1) is 13.2. The Balaban J connectivity index is 2.63. The van der Waals surface area contributed by atoms with Gasteiger partial charge in [-0.25, -0.2) is 4.79 Å². The van der Waals surface area contributed by atoms with Gasteiger partial charge in [0.1, 0.15) is 0 Å². The molecule has 0 aromatic heterocycles. The Labute approximate surface area is 170 Å². The maximum absolute atomic E-state index is 12.5. The lowest BCUT2D eigenvalue weighted by atomic mass is 10.2. The molecule has 11 heteroatoms. The zero-order valence-corrected chi connectivity index (χ0v) is 18.8. The molecule has 1 aromatic rings. The Hall–Kier alpha value is -0.900. The summed E-state index contributed by atoms with van der Waals surface area (Å²) in [6.45, 7) is 3.77. The van der Waals surface area contributed by atoms with Gasteiger partial charge in [-0.3, -0.25) is 8.75 Å². The van der Waals surface area contributed by atoms with Crippen LogP contribution < -0.4 is 0 Å². The lowest BCUT2D eigenvalue weighted by Gasteiger charge is -2.19. The topological polar surface area (TPSA) is 105 Å². The minimum Gasteiger partial charge on any atom is -0.462 e. The highest BCUT2D eigenvalue weighted by atomic mass is 32.2. The van der Waals surface area contributed by atoms with Gasteiger partial charge in [-0.2, -0.15) is 8.42 Å². The van der Waals surface area contributed by atoms with E-state index in [1.54, 1.807) is 44.2 Å². The standard InChI is InChI=1S/C17H27O8PS2/c1-4-23-26(19,24-5-2)14-27-13-15(12-25-28(3,20)21)11-22-17(18)16-9-7-6-8-10-16/h6-10,15H,4-5,11-14H2,1-3H3. The third kappa shape index (κ3) is 10.6. The molecule has 1 aromatic carbocycles. The number of ether oxygens (including phenoxy) is 1. The van der Waals surface area contributed by atoms with E-state index in [2.05, 4.69) is 0 Å². The van der Waals surface area contributed by atoms with Crippen molar-refractivity contribution in [3.05, 3.63) is 35.9 Å². The third-order valence-electron chi connectivity index (χ3n) is 3.23. The SMILES string of the molecule is CCOP(=O)(CSCC(COC(=O)c1ccccc1)COS(C)(=O)=O)OCC. The van der Waals surface area contributed by atoms with E-state index < -0.39 is 29.6 Å². The molecule has 1 unspecified atom stereocenters. The molecule has 0 bridgehead atoms. The molecule has 0 fully saturated rings. The average Bonchev–Trinajstić information content (AvgIpc) is 2.63. The lowest BCUT2D eigenvalue weighted by Crippen LogP contribution is -2.23. The summed E-state index contributed by atoms with van der Waals surface area (Å²) in [5.41, 5.74) is 0.506. The minimum atomic E-state index is -3.63. The smallest absolute Gasteiger partial charge is 0.340 e. The molecule has 160 valence electrons. The molecule has 0 saturated heterocycles. The van der Waals surface area contributed by atoms with Crippen LogP contribution in [0.4, 0.5) is 0 Å². The van der Waals surface area contributed by atoms with E-state index in [0.717, 1.165) is 6.26 Å². The van der Waals surface area contributed by atoms with Gasteiger partial charge in [-0.05, 0) is 26.0 Å². The Bertz CT molecular complexity index is 729. The van der Waals surface area contributed by atoms with Gasteiger partial charge < -0.3 is 13.8 Å². The van der Waals surface area contributed by atoms with Gasteiger partial charge in [0.25, 0.3) is 10.1 Å². The third-order valence-corrected chi connectivity index (χ3v) is 7.80. The predicted molar refractivity (Wildman–Crippen MR) is 109 cm³/mol. The van der Waals surface area contributed by atoms with Gasteiger partial charge in [0.2, 0.25) is 0 Å². The van der Waals surface area contributed by atoms with Crippen molar-refractivity contribution in [2.24, 2.45) is 5.92 Å². The summed E-state index contributed by atoms with van der Waals surface area (Å²) in [7, 11) is -6.85. The molecule has 0 spiro atoms. The highest BCUT2D eigenvalue weighted by Crippen LogP contribution is 2.50. The molecule has 0 aliphatic heterocycles. The Morgan fingerprint density at radius 3 is 2.25 bits per heavy atom. The van der Waals surface area contributed by atoms with Gasteiger partial charge in [0.05, 0.1) is 43.7 Å². The van der Waals surface area contributed by atoms with Gasteiger partial charge >= 0.3 is 13.6 Å². The summed E-state index contributed by atoms with van der Waals surface area (Å²) < 4.78 is 55.6. The highest BCUT2D eigenvalue weighted by molar-refractivity contribution is 8.04. The molecule has 0 aliphatic carbocycles. The van der Waals surface area contributed by atoms with E-state index in [9.17, 15) is 17.8 Å². The lowest BCUT2D eigenvalue weighted by molar-refractivity contribution is 0.0422. The first-order valence-corrected chi connectivity index (χ1v) is 13.4. The van der Waals surface area contributed by atoms with E-state index in [1.165, 1.54) is 11.8 Å². The Kier molecular flexibility index (Phi) is 11.3. The number of hydrogen-bond acceptors (Lipinski definition) is 9. The first-order valence-electron chi connectivity index (χ1n) is 8.71. The van der Waals surface area contributed by atoms with Crippen molar-refractivity contribution in [2.45, 2.75) is 13.8 Å². The van der Waals surface area contributed by atoms with Crippen LogP contribution in [0.2, 0.25) is 0 Å². The fourth-order valence-electron chi connectivity index (χ4n) is 2.05. The quantitative estimate of drug-likeness (QED) is 0.238. The average molecular weight is 455 g/mol. The molecule has 1 rings (SSSR count). The van der Waals surface area contributed by atoms with Crippen LogP contribution in [-0.2, 0) is 32.7 Å². The molecule has 0 amide bonds. The largest absolute Gasteiger partial charge is 0.462 e. The first kappa shape index (κ1) is 25.1. The zero-order chi connectivity index (χ0) is 21.0. The van der Waals surface area contributed by atoms with Crippen LogP contribution in [0, 0.1) is 5.92 Å². The molecular formula is C17H27O8PS2. The van der Waals surface area contributed by atoms with Gasteiger partial charge in [0, 0.05) is 11.7 Å². The van der Waals surface area contributed by atoms with E-state index >= 15 is 0 Å². The number of rotatable bonds is 14. The minimum absolute atomic E-state index is 0.0379. The van der Waals surface area contributed by atoms with Gasteiger partial charge in [-0.1, -0.05) is 18.2 Å². The van der Waals surface area contributed by atoms with Crippen molar-refractivity contribution in [3.8, 4) is 0 Å². The second-order valence-corrected chi connectivity index (χ2v) is 10.9. The van der Waals surface area contributed by atoms with Gasteiger partial charge in [-0.15, -0.1) is 11.8 Å². The fourth-order valence-corrected chi connectivity index (χ4v) is 5.79. The summed E-state index contributed by atoms with van der Waals surface area (Å²) in [6.07, 6.45) is 0.950. The molecule has 8 nitrogen and oxygen atoms in total. The maximum Gasteiger partial charge on any atom is 0.340 e. The molecule has 0 radical (unpaired) electrons. The second kappa shape index (κ2) is 12.6. The van der Waals surface area contributed by atoms with Crippen LogP contribution in [0.3, 0.4) is 0 Å². The summed E-state index contributed by atoms with van der Waals surface area (Å²) >= 11 is 1.27. The van der Waals surface area contributed by atoms with Crippen LogP contribution in [0.25, 0.3) is 0 Å². The van der Waals surface area contributed by atoms with Crippen molar-refractivity contribution in [1.82, 2.24) is 0 Å². The van der Waals surface area contributed by atoms with Gasteiger partial charge in [0.15, 0.2) is 0 Å². The van der Waals surface area contributed by atoms with Crippen molar-refractivity contribution in [3.63, 3.8) is 0 Å². The fraction of sp³-hybridized carbons (Fsp3) is 0.588. The molecular weight excluding hydrogens is 427 g/mol. The summed E-state index contributed by atoms with van der Waals surface area (Å²) in [4.78, 5) is 12.1. The maximum atomic E-state index is 12.5. The molecule has 28 heavy (non-hydrogen) atoms. The normalized spacial score (nSPS) is 13.2. The zero-order valence-electron chi connectivity index (χ0n) is 16.2. The highest BCUT2D eigenvalue weighted by Gasteiger charge is 2.25. The molecule has 0 N–H and O–H groups in total. The van der Waals surface area contributed by atoms with E-state index in [4.69, 9.17) is 18.0 Å². The van der Waals surface area contributed by atoms with Crippen LogP contribution in [0.5, 0.6) is 0 Å². The van der Waals surface area contributed by atoms with Crippen LogP contribution in [0.1, 0.15) is 24.2 Å². The van der Waals surface area contributed by atoms with E-state index in [-0.39, 0.29) is 31.9 Å². The Morgan fingerprint density at radius 2 is 1.71 bits per heavy atom. The number of benzene rings is 1. The summed E-state index contributed by atoms with van der Waals surface area (Å²) in [5.74, 6) is -0.574. The number of hydrogen-bond donors (Lipinski definition) is 0. The summed E-state index contributed by atoms with van der Waals surface area (Å²) in [5, 5.41) is 0. The van der Waals surface area contributed by atoms with E-state index in [0.29, 0.717) is 11.3 Å². The number of esters is 1. The Morgan fingerprint density at radius 1 is 1.11 bits per heavy atom. The predicted octanol–water partition coefficient (Wildman–Crippen LogP) is 3.39. The van der Waals surface area contributed by atoms with E-state index in [1.807, 2.05) is 0 Å². The molecule has 1 atom stereocenters. The van der Waals surface area contributed by atoms with Crippen LogP contribution in [0.15, 0.2) is 30.3 Å². The molecule has 0 heterocycles. The molecule has 0 aliphatic rings. The van der Waals surface area contributed by atoms with Crippen molar-refractivity contribution < 1.29 is 35.7 Å². The monoisotopic (exact) mass is 454 g/mol. The van der Waals surface area contributed by atoms with Crippen molar-refractivity contribution in [2.75, 3.05) is 43.9 Å². The van der Waals surface area contributed by atoms with Crippen molar-refractivity contribution >= 4 is 35.4 Å². The van der Waals surface area contributed by atoms with Crippen LogP contribution >= 0.6 is 19.4 Å². The molecule has 0 saturated carbocycles. The van der Waals surface area contributed by atoms with Crippen LogP contribution in [-0.4, -0.2) is 58.3 Å².